The van der Waals surface area contributed by atoms with Crippen molar-refractivity contribution in [1.29, 1.82) is 0 Å². The number of aromatic nitrogens is 6. The minimum Gasteiger partial charge on any atom is -0.474 e. The topological polar surface area (TPSA) is 128 Å². The van der Waals surface area contributed by atoms with Gasteiger partial charge in [-0.2, -0.15) is 4.98 Å². The van der Waals surface area contributed by atoms with Crippen molar-refractivity contribution in [2.45, 2.75) is 32.8 Å². The smallest absolute Gasteiger partial charge is 0.234 e. The number of hydrogen-bond acceptors (Lipinski definition) is 8. The van der Waals surface area contributed by atoms with E-state index in [-0.39, 0.29) is 18.0 Å². The number of nitrogens with zero attached hydrogens (tertiary/aromatic N) is 5. The van der Waals surface area contributed by atoms with E-state index in [1.54, 1.807) is 12.3 Å². The number of hydrogen-bond donors (Lipinski definition) is 3. The Bertz CT molecular complexity index is 880. The van der Waals surface area contributed by atoms with Crippen molar-refractivity contribution in [1.82, 2.24) is 30.1 Å². The van der Waals surface area contributed by atoms with Crippen LogP contribution in [0.15, 0.2) is 24.7 Å². The summed E-state index contributed by atoms with van der Waals surface area (Å²) in [6.45, 7) is 5.69. The summed E-state index contributed by atoms with van der Waals surface area (Å²) in [6, 6.07) is 1.71. The first-order valence-corrected chi connectivity index (χ1v) is 8.01. The largest absolute Gasteiger partial charge is 0.474 e. The molecule has 26 heavy (non-hydrogen) atoms. The van der Waals surface area contributed by atoms with Crippen molar-refractivity contribution in [2.75, 3.05) is 11.1 Å². The molecule has 136 valence electrons. The number of rotatable bonds is 6. The van der Waals surface area contributed by atoms with E-state index in [1.165, 1.54) is 0 Å². The van der Waals surface area contributed by atoms with Gasteiger partial charge >= 0.3 is 0 Å². The molecule has 3 aromatic heterocycles. The van der Waals surface area contributed by atoms with Crippen molar-refractivity contribution in [3.63, 3.8) is 0 Å². The number of nitrogen functional groups attached to an aromatic ring is 1. The molecule has 0 spiro atoms. The lowest BCUT2D eigenvalue weighted by molar-refractivity contribution is 0.232. The summed E-state index contributed by atoms with van der Waals surface area (Å²) in [4.78, 5) is 16.3. The Morgan fingerprint density at radius 3 is 2.58 bits per heavy atom. The van der Waals surface area contributed by atoms with Crippen LogP contribution in [-0.2, 0) is 0 Å². The number of nitrogens with two attached hydrogens (primary N) is 1. The molecule has 0 fully saturated rings. The third-order valence-electron chi connectivity index (χ3n) is 3.49. The van der Waals surface area contributed by atoms with Crippen LogP contribution in [0.5, 0.6) is 5.88 Å². The summed E-state index contributed by atoms with van der Waals surface area (Å²) >= 11 is 0. The van der Waals surface area contributed by atoms with Gasteiger partial charge in [0.2, 0.25) is 11.8 Å². The maximum absolute atomic E-state index is 13.1. The van der Waals surface area contributed by atoms with Crippen LogP contribution in [0.1, 0.15) is 38.1 Å². The van der Waals surface area contributed by atoms with Crippen molar-refractivity contribution in [3.8, 4) is 5.88 Å². The Labute approximate surface area is 149 Å². The average Bonchev–Trinajstić information content (AvgIpc) is 3.01. The van der Waals surface area contributed by atoms with Gasteiger partial charge in [-0.1, -0.05) is 6.92 Å². The maximum atomic E-state index is 13.1. The zero-order valence-electron chi connectivity index (χ0n) is 14.6. The van der Waals surface area contributed by atoms with Crippen LogP contribution in [0.25, 0.3) is 0 Å². The summed E-state index contributed by atoms with van der Waals surface area (Å²) in [7, 11) is 0. The van der Waals surface area contributed by atoms with E-state index in [1.807, 2.05) is 20.8 Å². The molecule has 3 aromatic rings. The molecule has 0 aliphatic carbocycles. The molecule has 0 saturated heterocycles. The Hall–Kier alpha value is -3.30. The SMILES string of the molecule is CC(C)Oc1cc(Nc2nc(N)ncc2[C@H](C)c2ncc(F)cn2)[nH]n1. The van der Waals surface area contributed by atoms with Crippen molar-refractivity contribution in [3.05, 3.63) is 41.9 Å². The quantitative estimate of drug-likeness (QED) is 0.613. The molecule has 0 bridgehead atoms. The molecule has 9 nitrogen and oxygen atoms in total. The summed E-state index contributed by atoms with van der Waals surface area (Å²) in [5, 5.41) is 10.0. The molecule has 4 N–H and O–H groups in total. The van der Waals surface area contributed by atoms with Crippen molar-refractivity contribution >= 4 is 17.6 Å². The van der Waals surface area contributed by atoms with E-state index >= 15 is 0 Å². The number of H-pyrrole nitrogens is 1. The molecule has 1 atom stereocenters. The van der Waals surface area contributed by atoms with E-state index in [0.717, 1.165) is 12.4 Å². The van der Waals surface area contributed by atoms with E-state index < -0.39 is 5.82 Å². The van der Waals surface area contributed by atoms with Gasteiger partial charge in [0.25, 0.3) is 0 Å². The lowest BCUT2D eigenvalue weighted by Gasteiger charge is -2.15. The Kier molecular flexibility index (Phi) is 4.92. The fourth-order valence-corrected chi connectivity index (χ4v) is 2.30. The number of nitrogens with one attached hydrogen (secondary N) is 2. The van der Waals surface area contributed by atoms with Gasteiger partial charge in [-0.25, -0.2) is 19.3 Å². The second-order valence-corrected chi connectivity index (χ2v) is 5.92. The van der Waals surface area contributed by atoms with Crippen molar-refractivity contribution in [2.24, 2.45) is 0 Å². The third kappa shape index (κ3) is 4.02. The van der Waals surface area contributed by atoms with E-state index in [2.05, 4.69) is 35.5 Å². The molecule has 3 heterocycles. The molecule has 0 radical (unpaired) electrons. The van der Waals surface area contributed by atoms with Gasteiger partial charge in [0.1, 0.15) is 17.5 Å². The normalized spacial score (nSPS) is 12.2. The predicted molar refractivity (Wildman–Crippen MR) is 93.6 cm³/mol. The first-order chi connectivity index (χ1) is 12.4. The predicted octanol–water partition coefficient (Wildman–Crippen LogP) is 2.39. The molecule has 0 aromatic carbocycles. The number of aromatic amines is 1. The molecular weight excluding hydrogens is 339 g/mol. The van der Waals surface area contributed by atoms with Crippen LogP contribution in [0.2, 0.25) is 0 Å². The highest BCUT2D eigenvalue weighted by Crippen LogP contribution is 2.29. The van der Waals surface area contributed by atoms with Gasteiger partial charge in [-0.3, -0.25) is 5.10 Å². The summed E-state index contributed by atoms with van der Waals surface area (Å²) < 4.78 is 18.6. The minimum atomic E-state index is -0.497. The van der Waals surface area contributed by atoms with Gasteiger partial charge in [0.15, 0.2) is 5.82 Å². The van der Waals surface area contributed by atoms with E-state index in [4.69, 9.17) is 10.5 Å². The lowest BCUT2D eigenvalue weighted by Crippen LogP contribution is -2.09. The summed E-state index contributed by atoms with van der Waals surface area (Å²) in [6.07, 6.45) is 3.83. The van der Waals surface area contributed by atoms with Crippen LogP contribution in [0.3, 0.4) is 0 Å². The highest BCUT2D eigenvalue weighted by molar-refractivity contribution is 5.59. The molecule has 10 heteroatoms. The Morgan fingerprint density at radius 1 is 1.15 bits per heavy atom. The Morgan fingerprint density at radius 2 is 1.88 bits per heavy atom. The monoisotopic (exact) mass is 358 g/mol. The highest BCUT2D eigenvalue weighted by Gasteiger charge is 2.19. The number of anilines is 3. The first kappa shape index (κ1) is 17.5. The fraction of sp³-hybridized carbons (Fsp3) is 0.312. The van der Waals surface area contributed by atoms with Crippen LogP contribution in [-0.4, -0.2) is 36.2 Å². The number of halogens is 1. The molecule has 0 aliphatic heterocycles. The van der Waals surface area contributed by atoms with Gasteiger partial charge in [-0.05, 0) is 13.8 Å². The van der Waals surface area contributed by atoms with Crippen LogP contribution >= 0.6 is 0 Å². The maximum Gasteiger partial charge on any atom is 0.234 e. The second-order valence-electron chi connectivity index (χ2n) is 5.92. The molecule has 0 saturated carbocycles. The summed E-state index contributed by atoms with van der Waals surface area (Å²) in [5.41, 5.74) is 6.42. The second kappa shape index (κ2) is 7.30. The van der Waals surface area contributed by atoms with Gasteiger partial charge in [-0.15, -0.1) is 5.10 Å². The van der Waals surface area contributed by atoms with Crippen LogP contribution < -0.4 is 15.8 Å². The van der Waals surface area contributed by atoms with Gasteiger partial charge < -0.3 is 15.8 Å². The zero-order chi connectivity index (χ0) is 18.7. The standard InChI is InChI=1S/C16H19FN8O/c1-8(2)26-13-4-12(24-25-13)22-15-11(7-21-16(18)23-15)9(3)14-19-5-10(17)6-20-14/h4-9H,1-3H3,(H4,18,21,22,23,24,25)/t9-/m0/s1. The third-order valence-corrected chi connectivity index (χ3v) is 3.49. The van der Waals surface area contributed by atoms with Gasteiger partial charge in [0.05, 0.1) is 18.5 Å². The van der Waals surface area contributed by atoms with Gasteiger partial charge in [0, 0.05) is 23.7 Å². The lowest BCUT2D eigenvalue weighted by atomic mass is 10.0. The molecule has 0 aliphatic rings. The van der Waals surface area contributed by atoms with Crippen molar-refractivity contribution < 1.29 is 9.13 Å². The fourth-order valence-electron chi connectivity index (χ4n) is 2.30. The number of ether oxygens (including phenoxy) is 1. The first-order valence-electron chi connectivity index (χ1n) is 8.01. The molecule has 0 unspecified atom stereocenters. The Balaban J connectivity index is 1.88. The average molecular weight is 358 g/mol. The van der Waals surface area contributed by atoms with E-state index in [0.29, 0.717) is 28.9 Å². The summed E-state index contributed by atoms with van der Waals surface area (Å²) in [5.74, 6) is 1.28. The minimum absolute atomic E-state index is 0.00653. The van der Waals surface area contributed by atoms with Crippen LogP contribution in [0, 0.1) is 5.82 Å². The highest BCUT2D eigenvalue weighted by atomic mass is 19.1. The van der Waals surface area contributed by atoms with Crippen LogP contribution in [0.4, 0.5) is 22.0 Å². The molecular formula is C16H19FN8O. The molecule has 3 rings (SSSR count). The zero-order valence-corrected chi connectivity index (χ0v) is 14.6. The molecule has 0 amide bonds. The van der Waals surface area contributed by atoms with E-state index in [9.17, 15) is 4.39 Å².